The molecule has 72 valence electrons. The van der Waals surface area contributed by atoms with Crippen LogP contribution in [0.2, 0.25) is 0 Å². The highest BCUT2D eigenvalue weighted by Crippen LogP contribution is 2.17. The molecule has 0 spiro atoms. The van der Waals surface area contributed by atoms with Gasteiger partial charge in [0, 0.05) is 31.9 Å². The Morgan fingerprint density at radius 3 is 2.85 bits per heavy atom. The third kappa shape index (κ3) is 1.95. The van der Waals surface area contributed by atoms with Gasteiger partial charge < -0.3 is 10.6 Å². The zero-order valence-electron chi connectivity index (χ0n) is 7.92. The van der Waals surface area contributed by atoms with Gasteiger partial charge in [-0.1, -0.05) is 0 Å². The van der Waals surface area contributed by atoms with Gasteiger partial charge in [0.15, 0.2) is 11.6 Å². The van der Waals surface area contributed by atoms with Crippen molar-refractivity contribution in [3.63, 3.8) is 0 Å². The summed E-state index contributed by atoms with van der Waals surface area (Å²) in [5, 5.41) is 0. The van der Waals surface area contributed by atoms with Crippen molar-refractivity contribution < 1.29 is 4.39 Å². The lowest BCUT2D eigenvalue weighted by Crippen LogP contribution is -2.19. The largest absolute Gasteiger partial charge is 0.358 e. The van der Waals surface area contributed by atoms with Gasteiger partial charge in [-0.3, -0.25) is 0 Å². The van der Waals surface area contributed by atoms with Crippen LogP contribution >= 0.6 is 0 Å². The van der Waals surface area contributed by atoms with Crippen molar-refractivity contribution >= 4 is 5.82 Å². The Morgan fingerprint density at radius 1 is 1.62 bits per heavy atom. The first-order valence-electron chi connectivity index (χ1n) is 4.25. The summed E-state index contributed by atoms with van der Waals surface area (Å²) in [6.45, 7) is 2.87. The van der Waals surface area contributed by atoms with E-state index in [1.165, 1.54) is 0 Å². The van der Waals surface area contributed by atoms with Crippen molar-refractivity contribution in [1.82, 2.24) is 4.98 Å². The molecule has 0 fully saturated rings. The van der Waals surface area contributed by atoms with Crippen molar-refractivity contribution in [3.05, 3.63) is 23.6 Å². The number of nitrogens with two attached hydrogens (primary N) is 1. The van der Waals surface area contributed by atoms with Gasteiger partial charge in [0.1, 0.15) is 0 Å². The lowest BCUT2D eigenvalue weighted by Gasteiger charge is -2.16. The van der Waals surface area contributed by atoms with E-state index in [4.69, 9.17) is 5.73 Å². The maximum atomic E-state index is 13.5. The molecule has 0 saturated carbocycles. The number of aromatic nitrogens is 1. The molecule has 0 aliphatic carbocycles. The van der Waals surface area contributed by atoms with E-state index in [2.05, 4.69) is 4.98 Å². The number of rotatable bonds is 3. The van der Waals surface area contributed by atoms with Gasteiger partial charge in [-0.25, -0.2) is 9.37 Å². The Kier molecular flexibility index (Phi) is 3.19. The molecular weight excluding hydrogens is 169 g/mol. The smallest absolute Gasteiger partial charge is 0.170 e. The Labute approximate surface area is 77.4 Å². The highest BCUT2D eigenvalue weighted by Gasteiger charge is 2.10. The quantitative estimate of drug-likeness (QED) is 0.764. The molecule has 0 radical (unpaired) electrons. The maximum Gasteiger partial charge on any atom is 0.170 e. The van der Waals surface area contributed by atoms with Crippen LogP contribution in [0.5, 0.6) is 0 Å². The number of halogens is 1. The van der Waals surface area contributed by atoms with Crippen LogP contribution in [0.15, 0.2) is 12.3 Å². The first kappa shape index (κ1) is 9.92. The van der Waals surface area contributed by atoms with Gasteiger partial charge in [0.2, 0.25) is 0 Å². The van der Waals surface area contributed by atoms with Crippen molar-refractivity contribution in [1.29, 1.82) is 0 Å². The van der Waals surface area contributed by atoms with Gasteiger partial charge >= 0.3 is 0 Å². The number of anilines is 1. The fourth-order valence-corrected chi connectivity index (χ4v) is 1.04. The molecule has 0 unspecified atom stereocenters. The predicted molar refractivity (Wildman–Crippen MR) is 51.0 cm³/mol. The highest BCUT2D eigenvalue weighted by molar-refractivity contribution is 5.41. The molecule has 0 bridgehead atoms. The summed E-state index contributed by atoms with van der Waals surface area (Å²) in [6, 6.07) is 1.60. The topological polar surface area (TPSA) is 42.2 Å². The second kappa shape index (κ2) is 4.18. The molecule has 2 N–H and O–H groups in total. The summed E-state index contributed by atoms with van der Waals surface area (Å²) < 4.78 is 13.5. The summed E-state index contributed by atoms with van der Waals surface area (Å²) in [5.41, 5.74) is 5.88. The molecule has 1 heterocycles. The molecule has 0 aliphatic heterocycles. The molecule has 0 aliphatic rings. The van der Waals surface area contributed by atoms with Crippen LogP contribution in [0.25, 0.3) is 0 Å². The van der Waals surface area contributed by atoms with Crippen molar-refractivity contribution in [3.8, 4) is 0 Å². The van der Waals surface area contributed by atoms with Crippen LogP contribution < -0.4 is 10.6 Å². The summed E-state index contributed by atoms with van der Waals surface area (Å²) in [4.78, 5) is 5.70. The average molecular weight is 183 g/mol. The molecule has 13 heavy (non-hydrogen) atoms. The number of hydrogen-bond donors (Lipinski definition) is 1. The minimum Gasteiger partial charge on any atom is -0.358 e. The summed E-state index contributed by atoms with van der Waals surface area (Å²) in [5.74, 6) is 0.0554. The van der Waals surface area contributed by atoms with E-state index >= 15 is 0 Å². The molecule has 1 rings (SSSR count). The molecule has 1 aromatic heterocycles. The van der Waals surface area contributed by atoms with Crippen LogP contribution in [0.1, 0.15) is 12.5 Å². The number of pyridine rings is 1. The molecule has 0 atom stereocenters. The number of nitrogens with zero attached hydrogens (tertiary/aromatic N) is 2. The van der Waals surface area contributed by atoms with Gasteiger partial charge in [0.25, 0.3) is 0 Å². The summed E-state index contributed by atoms with van der Waals surface area (Å²) in [7, 11) is 1.80. The molecular formula is C9H14FN3. The van der Waals surface area contributed by atoms with E-state index in [0.717, 1.165) is 6.54 Å². The van der Waals surface area contributed by atoms with E-state index in [-0.39, 0.29) is 12.4 Å². The fraction of sp³-hybridized carbons (Fsp3) is 0.444. The first-order chi connectivity index (χ1) is 6.20. The standard InChI is InChI=1S/C9H14FN3/c1-3-13(2)9-8(10)7(6-11)4-5-12-9/h4-5H,3,6,11H2,1-2H3. The Hall–Kier alpha value is -1.16. The Bertz CT molecular complexity index is 288. The van der Waals surface area contributed by atoms with Gasteiger partial charge in [0.05, 0.1) is 0 Å². The van der Waals surface area contributed by atoms with Crippen LogP contribution in [0.4, 0.5) is 10.2 Å². The van der Waals surface area contributed by atoms with Crippen LogP contribution in [-0.4, -0.2) is 18.6 Å². The van der Waals surface area contributed by atoms with E-state index < -0.39 is 0 Å². The molecule has 0 aromatic carbocycles. The molecule has 3 nitrogen and oxygen atoms in total. The monoisotopic (exact) mass is 183 g/mol. The van der Waals surface area contributed by atoms with E-state index in [1.807, 2.05) is 6.92 Å². The SMILES string of the molecule is CCN(C)c1nccc(CN)c1F. The highest BCUT2D eigenvalue weighted by atomic mass is 19.1. The lowest BCUT2D eigenvalue weighted by molar-refractivity contribution is 0.600. The van der Waals surface area contributed by atoms with Crippen molar-refractivity contribution in [2.24, 2.45) is 5.73 Å². The molecule has 0 amide bonds. The first-order valence-corrected chi connectivity index (χ1v) is 4.25. The van der Waals surface area contributed by atoms with Crippen molar-refractivity contribution in [2.45, 2.75) is 13.5 Å². The Morgan fingerprint density at radius 2 is 2.31 bits per heavy atom. The molecule has 4 heteroatoms. The second-order valence-corrected chi connectivity index (χ2v) is 2.83. The maximum absolute atomic E-state index is 13.5. The third-order valence-electron chi connectivity index (χ3n) is 2.01. The van der Waals surface area contributed by atoms with Gasteiger partial charge in [-0.05, 0) is 13.0 Å². The van der Waals surface area contributed by atoms with Crippen molar-refractivity contribution in [2.75, 3.05) is 18.5 Å². The van der Waals surface area contributed by atoms with E-state index in [0.29, 0.717) is 11.4 Å². The fourth-order valence-electron chi connectivity index (χ4n) is 1.04. The third-order valence-corrected chi connectivity index (χ3v) is 2.01. The minimum absolute atomic E-state index is 0.207. The van der Waals surface area contributed by atoms with E-state index in [1.54, 1.807) is 24.2 Å². The number of hydrogen-bond acceptors (Lipinski definition) is 3. The Balaban J connectivity index is 3.08. The lowest BCUT2D eigenvalue weighted by atomic mass is 10.2. The summed E-state index contributed by atoms with van der Waals surface area (Å²) >= 11 is 0. The van der Waals surface area contributed by atoms with Gasteiger partial charge in [-0.15, -0.1) is 0 Å². The summed E-state index contributed by atoms with van der Waals surface area (Å²) in [6.07, 6.45) is 1.58. The average Bonchev–Trinajstić information content (AvgIpc) is 2.17. The normalized spacial score (nSPS) is 10.2. The predicted octanol–water partition coefficient (Wildman–Crippen LogP) is 1.14. The second-order valence-electron chi connectivity index (χ2n) is 2.83. The van der Waals surface area contributed by atoms with Crippen LogP contribution in [0.3, 0.4) is 0 Å². The molecule has 0 saturated heterocycles. The van der Waals surface area contributed by atoms with E-state index in [9.17, 15) is 4.39 Å². The minimum atomic E-state index is -0.311. The van der Waals surface area contributed by atoms with Gasteiger partial charge in [-0.2, -0.15) is 0 Å². The molecule has 1 aromatic rings. The zero-order valence-corrected chi connectivity index (χ0v) is 7.92. The van der Waals surface area contributed by atoms with Crippen LogP contribution in [-0.2, 0) is 6.54 Å². The van der Waals surface area contributed by atoms with Crippen LogP contribution in [0, 0.1) is 5.82 Å². The zero-order chi connectivity index (χ0) is 9.84.